The quantitative estimate of drug-likeness (QED) is 0.0470. The lowest BCUT2D eigenvalue weighted by atomic mass is 10.00. The SMILES string of the molecule is CC(C)[Si](C#Cc1c2nc(c(-c3c(F)c(F)c(F)c(F)c3F)c3nc(c(-c4c(F)c(F)c(F)c(F)c4F)c4ccc([nH]4)c(C#C[Si](C(C)C)(C(C)C)C(C)C)c4nc(c(-c5c(F)c(F)c(F)c(F)c5F)c5nc(c(-c6c(F)c(F)c(F)c(F)c6F)c6ccc1[nH]6)C=C5)C=C4)C=C3)C=C2)(C(C)C)C(C)C. The molecule has 0 amide bonds. The van der Waals surface area contributed by atoms with Gasteiger partial charge in [0.15, 0.2) is 93.1 Å². The van der Waals surface area contributed by atoms with Crippen molar-refractivity contribution in [1.82, 2.24) is 29.9 Å². The van der Waals surface area contributed by atoms with Gasteiger partial charge < -0.3 is 9.97 Å². The molecule has 6 nitrogen and oxygen atoms in total. The van der Waals surface area contributed by atoms with Gasteiger partial charge >= 0.3 is 0 Å². The molecule has 104 heavy (non-hydrogen) atoms. The topological polar surface area (TPSA) is 83.1 Å². The number of hydrogen-bond acceptors (Lipinski definition) is 4. The monoisotopic (exact) mass is 1490 g/mol. The number of hydrogen-bond donors (Lipinski definition) is 2. The fourth-order valence-electron chi connectivity index (χ4n) is 14.6. The molecule has 2 N–H and O–H groups in total. The molecule has 7 heterocycles. The highest BCUT2D eigenvalue weighted by Gasteiger charge is 2.44. The minimum atomic E-state index is -3.00. The van der Waals surface area contributed by atoms with E-state index in [9.17, 15) is 0 Å². The van der Waals surface area contributed by atoms with Crippen LogP contribution in [-0.2, 0) is 0 Å². The van der Waals surface area contributed by atoms with Gasteiger partial charge in [0.1, 0.15) is 16.1 Å². The van der Waals surface area contributed by atoms with Gasteiger partial charge in [0.05, 0.1) is 90.0 Å². The zero-order valence-electron chi connectivity index (χ0n) is 56.7. The molecule has 0 atom stereocenters. The van der Waals surface area contributed by atoms with Crippen LogP contribution in [-0.4, -0.2) is 46.1 Å². The molecule has 0 fully saturated rings. The summed E-state index contributed by atoms with van der Waals surface area (Å²) in [4.78, 5) is 23.6. The summed E-state index contributed by atoms with van der Waals surface area (Å²) in [5, 5.41) is 0. The second-order valence-electron chi connectivity index (χ2n) is 26.8. The van der Waals surface area contributed by atoms with Crippen LogP contribution in [0, 0.1) is 139 Å². The molecule has 4 aliphatic rings. The zero-order chi connectivity index (χ0) is 76.3. The normalized spacial score (nSPS) is 12.8. The average molecular weight is 1490 g/mol. The molecule has 12 bridgehead atoms. The Morgan fingerprint density at radius 2 is 0.404 bits per heavy atom. The van der Waals surface area contributed by atoms with Crippen LogP contribution in [0.5, 0.6) is 0 Å². The summed E-state index contributed by atoms with van der Waals surface area (Å²) in [5.41, 5.74) is -13.4. The Hall–Kier alpha value is -10.1. The van der Waals surface area contributed by atoms with Crippen LogP contribution in [0.25, 0.3) is 115 Å². The third-order valence-corrected chi connectivity index (χ3v) is 32.0. The third kappa shape index (κ3) is 12.0. The Morgan fingerprint density at radius 3 is 0.625 bits per heavy atom. The van der Waals surface area contributed by atoms with Gasteiger partial charge in [-0.3, -0.25) is 0 Å². The molecule has 0 saturated carbocycles. The Morgan fingerprint density at radius 1 is 0.231 bits per heavy atom. The van der Waals surface area contributed by atoms with Gasteiger partial charge in [-0.2, -0.15) is 0 Å². The fraction of sp³-hybridized carbons (Fsp3) is 0.237. The van der Waals surface area contributed by atoms with Crippen molar-refractivity contribution in [3.63, 3.8) is 0 Å². The average Bonchev–Trinajstić information content (AvgIpc) is 1.54. The summed E-state index contributed by atoms with van der Waals surface area (Å²) in [6, 6.07) is 4.26. The van der Waals surface area contributed by atoms with Crippen molar-refractivity contribution in [2.24, 2.45) is 0 Å². The molecule has 0 saturated heterocycles. The molecule has 4 aliphatic heterocycles. The molecular weight excluding hydrogens is 1430 g/mol. The van der Waals surface area contributed by atoms with Crippen LogP contribution in [0.2, 0.25) is 33.2 Å². The number of aromatic amines is 2. The fourth-order valence-corrected chi connectivity index (χ4v) is 25.0. The van der Waals surface area contributed by atoms with Gasteiger partial charge in [-0.15, -0.1) is 11.1 Å². The summed E-state index contributed by atoms with van der Waals surface area (Å²) >= 11 is 0. The van der Waals surface area contributed by atoms with E-state index < -0.39 is 222 Å². The predicted molar refractivity (Wildman–Crippen MR) is 364 cm³/mol. The van der Waals surface area contributed by atoms with Crippen molar-refractivity contribution < 1.29 is 87.8 Å². The highest BCUT2D eigenvalue weighted by Crippen LogP contribution is 2.47. The largest absolute Gasteiger partial charge is 0.354 e. The molecular formula is C76H56F20N6Si2. The summed E-state index contributed by atoms with van der Waals surface area (Å²) < 4.78 is 320. The van der Waals surface area contributed by atoms with Crippen molar-refractivity contribution in [3.05, 3.63) is 197 Å². The first kappa shape index (κ1) is 75.1. The molecule has 0 aliphatic carbocycles. The Bertz CT molecular complexity index is 5030. The van der Waals surface area contributed by atoms with Gasteiger partial charge in [0, 0.05) is 33.3 Å². The van der Waals surface area contributed by atoms with Crippen LogP contribution in [0.4, 0.5) is 87.8 Å². The lowest BCUT2D eigenvalue weighted by Crippen LogP contribution is -2.43. The summed E-state index contributed by atoms with van der Waals surface area (Å²) in [6.07, 6.45) is 7.39. The Balaban J connectivity index is 1.47. The van der Waals surface area contributed by atoms with E-state index in [1.807, 2.05) is 83.1 Å². The maximum Gasteiger partial charge on any atom is 0.200 e. The number of aromatic nitrogens is 6. The predicted octanol–water partition coefficient (Wildman–Crippen LogP) is 23.3. The Kier molecular flexibility index (Phi) is 20.1. The molecule has 0 unspecified atom stereocenters. The molecule has 0 radical (unpaired) electrons. The molecule has 0 spiro atoms. The molecule has 7 aromatic rings. The van der Waals surface area contributed by atoms with E-state index in [0.29, 0.717) is 0 Å². The zero-order valence-corrected chi connectivity index (χ0v) is 58.7. The van der Waals surface area contributed by atoms with Crippen LogP contribution in [0.3, 0.4) is 0 Å². The van der Waals surface area contributed by atoms with Crippen molar-refractivity contribution in [2.75, 3.05) is 0 Å². The van der Waals surface area contributed by atoms with Gasteiger partial charge in [-0.1, -0.05) is 94.9 Å². The molecule has 28 heteroatoms. The van der Waals surface area contributed by atoms with E-state index >= 15 is 87.8 Å². The summed E-state index contributed by atoms with van der Waals surface area (Å²) in [6.45, 7) is 22.7. The van der Waals surface area contributed by atoms with E-state index in [0.717, 1.165) is 72.9 Å². The first-order chi connectivity index (χ1) is 48.9. The van der Waals surface area contributed by atoms with Gasteiger partial charge in [0.25, 0.3) is 0 Å². The van der Waals surface area contributed by atoms with Gasteiger partial charge in [-0.25, -0.2) is 108 Å². The second-order valence-corrected chi connectivity index (χ2v) is 37.9. The number of halogens is 20. The molecule has 538 valence electrons. The van der Waals surface area contributed by atoms with E-state index in [1.54, 1.807) is 0 Å². The highest BCUT2D eigenvalue weighted by molar-refractivity contribution is 6.91. The highest BCUT2D eigenvalue weighted by atomic mass is 28.3. The van der Waals surface area contributed by atoms with Crippen LogP contribution < -0.4 is 0 Å². The Labute approximate surface area is 583 Å². The lowest BCUT2D eigenvalue weighted by Gasteiger charge is -2.38. The molecule has 3 aromatic heterocycles. The standard InChI is InChI=1S/C76H56F20N6Si2/c1-29(2)103(30(3)4,31(5)6)27-25-35-37-13-17-41(97-37)49(53-57(77)65(85)73(93)66(86)58(53)78)45-21-23-47(101-45)51(55-61(81)69(89)75(95)70(90)62(55)82)43-19-15-39(99-43)36(26-28-104(32(7)8,33(9)10)34(11)12)40-16-20-44(100-40)52(56-63(83)71(91)76(96)72(92)64(56)84)48-24-22-46(102-48)50(42-18-14-38(35)98-42)54-59(79)67(87)74(94)68(88)60(54)80/h13-24,29-34,97,100H,1-12H3. The number of rotatable bonds is 10. The van der Waals surface area contributed by atoms with Crippen LogP contribution in [0.1, 0.15) is 140 Å². The smallest absolute Gasteiger partial charge is 0.200 e. The van der Waals surface area contributed by atoms with Gasteiger partial charge in [-0.05, 0) is 106 Å². The minimum Gasteiger partial charge on any atom is -0.354 e. The van der Waals surface area contributed by atoms with Crippen LogP contribution >= 0.6 is 0 Å². The maximum absolute atomic E-state index is 16.7. The van der Waals surface area contributed by atoms with Crippen molar-refractivity contribution in [3.8, 4) is 67.4 Å². The summed E-state index contributed by atoms with van der Waals surface area (Å²) in [7, 11) is -6.00. The van der Waals surface area contributed by atoms with Crippen molar-refractivity contribution >= 4 is 86.8 Å². The number of nitrogens with one attached hydrogen (secondary N) is 2. The van der Waals surface area contributed by atoms with Crippen molar-refractivity contribution in [2.45, 2.75) is 116 Å². The summed E-state index contributed by atoms with van der Waals surface area (Å²) in [5.74, 6) is -44.3. The minimum absolute atomic E-state index is 0.170. The second kappa shape index (κ2) is 27.9. The van der Waals surface area contributed by atoms with E-state index in [4.69, 9.17) is 0 Å². The first-order valence-corrected chi connectivity index (χ1v) is 36.7. The molecule has 11 rings (SSSR count). The van der Waals surface area contributed by atoms with E-state index in [-0.39, 0.29) is 66.8 Å². The van der Waals surface area contributed by atoms with Gasteiger partial charge in [0.2, 0.25) is 23.3 Å². The number of fused-ring (bicyclic) bond motifs is 12. The van der Waals surface area contributed by atoms with E-state index in [2.05, 4.69) is 52.8 Å². The molecule has 4 aromatic carbocycles. The lowest BCUT2D eigenvalue weighted by molar-refractivity contribution is 0.381. The third-order valence-electron chi connectivity index (χ3n) is 19.4. The van der Waals surface area contributed by atoms with E-state index in [1.165, 1.54) is 0 Å². The number of H-pyrrole nitrogens is 2. The first-order valence-electron chi connectivity index (χ1n) is 32.2. The van der Waals surface area contributed by atoms with Crippen LogP contribution in [0.15, 0.2) is 24.3 Å². The maximum atomic E-state index is 16.7. The number of nitrogens with zero attached hydrogens (tertiary/aromatic N) is 4. The van der Waals surface area contributed by atoms with Crippen molar-refractivity contribution in [1.29, 1.82) is 0 Å². The number of benzene rings is 4.